The highest BCUT2D eigenvalue weighted by atomic mass is 35.5. The van der Waals surface area contributed by atoms with Crippen LogP contribution in [-0.2, 0) is 19.1 Å². The minimum absolute atomic E-state index is 0.355. The van der Waals surface area contributed by atoms with Gasteiger partial charge in [0.25, 0.3) is 0 Å². The van der Waals surface area contributed by atoms with Crippen LogP contribution >= 0.6 is 22.9 Å². The van der Waals surface area contributed by atoms with Crippen molar-refractivity contribution in [2.45, 2.75) is 12.8 Å². The van der Waals surface area contributed by atoms with Crippen LogP contribution in [0.2, 0.25) is 5.02 Å². The van der Waals surface area contributed by atoms with Gasteiger partial charge >= 0.3 is 11.9 Å². The molecule has 0 spiro atoms. The largest absolute Gasteiger partial charge is 0.468 e. The number of aryl methyl sites for hydroxylation is 1. The van der Waals surface area contributed by atoms with E-state index in [4.69, 9.17) is 11.6 Å². The van der Waals surface area contributed by atoms with E-state index in [1.165, 1.54) is 25.6 Å². The number of hydrogen-bond donors (Lipinski definition) is 0. The normalized spacial score (nSPS) is 10.6. The number of methoxy groups -OCH3 is 2. The van der Waals surface area contributed by atoms with Crippen molar-refractivity contribution in [1.29, 1.82) is 0 Å². The molecule has 22 heavy (non-hydrogen) atoms. The number of ether oxygens (including phenoxy) is 2. The van der Waals surface area contributed by atoms with E-state index in [9.17, 15) is 9.59 Å². The molecule has 7 heteroatoms. The summed E-state index contributed by atoms with van der Waals surface area (Å²) >= 11 is 7.26. The predicted molar refractivity (Wildman–Crippen MR) is 84.1 cm³/mol. The van der Waals surface area contributed by atoms with Gasteiger partial charge in [-0.15, -0.1) is 11.3 Å². The molecule has 0 aliphatic rings. The van der Waals surface area contributed by atoms with Gasteiger partial charge in [-0.25, -0.2) is 4.98 Å². The van der Waals surface area contributed by atoms with Crippen LogP contribution in [0.1, 0.15) is 16.5 Å². The minimum atomic E-state index is -1.17. The van der Waals surface area contributed by atoms with Crippen LogP contribution in [0, 0.1) is 6.92 Å². The van der Waals surface area contributed by atoms with Gasteiger partial charge in [0, 0.05) is 15.5 Å². The third-order valence-electron chi connectivity index (χ3n) is 3.07. The topological polar surface area (TPSA) is 65.5 Å². The molecule has 0 unspecified atom stereocenters. The number of rotatable bonds is 4. The lowest BCUT2D eigenvalue weighted by atomic mass is 10.1. The molecule has 2 rings (SSSR count). The Bertz CT molecular complexity index is 680. The average Bonchev–Trinajstić information content (AvgIpc) is 2.89. The second kappa shape index (κ2) is 6.89. The fourth-order valence-corrected chi connectivity index (χ4v) is 3.03. The number of benzene rings is 1. The zero-order valence-corrected chi connectivity index (χ0v) is 13.8. The zero-order chi connectivity index (χ0) is 16.3. The summed E-state index contributed by atoms with van der Waals surface area (Å²) in [6, 6.07) is 7.17. The lowest BCUT2D eigenvalue weighted by Crippen LogP contribution is -2.25. The molecule has 0 saturated carbocycles. The Morgan fingerprint density at radius 2 is 1.68 bits per heavy atom. The highest BCUT2D eigenvalue weighted by Gasteiger charge is 2.34. The van der Waals surface area contributed by atoms with Gasteiger partial charge < -0.3 is 9.47 Å². The van der Waals surface area contributed by atoms with Crippen molar-refractivity contribution in [3.63, 3.8) is 0 Å². The van der Waals surface area contributed by atoms with Crippen LogP contribution in [0.3, 0.4) is 0 Å². The Morgan fingerprint density at radius 1 is 1.14 bits per heavy atom. The number of carbonyl (C=O) groups is 2. The molecule has 0 bridgehead atoms. The third-order valence-corrected chi connectivity index (χ3v) is 4.36. The maximum atomic E-state index is 11.9. The van der Waals surface area contributed by atoms with E-state index in [-0.39, 0.29) is 0 Å². The van der Waals surface area contributed by atoms with Gasteiger partial charge in [-0.1, -0.05) is 23.7 Å². The molecule has 1 aromatic heterocycles. The van der Waals surface area contributed by atoms with Gasteiger partial charge in [-0.05, 0) is 19.1 Å². The average molecular weight is 340 g/mol. The first-order valence-electron chi connectivity index (χ1n) is 6.36. The van der Waals surface area contributed by atoms with Gasteiger partial charge in [0.1, 0.15) is 5.01 Å². The SMILES string of the molecule is COC(=O)C(C(=O)OC)c1nc(-c2ccc(Cl)cc2)sc1C. The number of aromatic nitrogens is 1. The van der Waals surface area contributed by atoms with Crippen molar-refractivity contribution >= 4 is 34.9 Å². The molecular weight excluding hydrogens is 326 g/mol. The number of nitrogens with zero attached hydrogens (tertiary/aromatic N) is 1. The monoisotopic (exact) mass is 339 g/mol. The predicted octanol–water partition coefficient (Wildman–Crippen LogP) is 3.20. The first-order valence-corrected chi connectivity index (χ1v) is 7.56. The van der Waals surface area contributed by atoms with Crippen molar-refractivity contribution in [2.24, 2.45) is 0 Å². The smallest absolute Gasteiger partial charge is 0.326 e. The molecule has 0 aliphatic heterocycles. The molecule has 0 radical (unpaired) electrons. The number of esters is 2. The van der Waals surface area contributed by atoms with Crippen LogP contribution in [-0.4, -0.2) is 31.1 Å². The molecule has 116 valence electrons. The summed E-state index contributed by atoms with van der Waals surface area (Å²) in [5.41, 5.74) is 1.21. The van der Waals surface area contributed by atoms with Crippen LogP contribution in [0.4, 0.5) is 0 Å². The van der Waals surface area contributed by atoms with Gasteiger partial charge in [-0.3, -0.25) is 9.59 Å². The Morgan fingerprint density at radius 3 is 2.18 bits per heavy atom. The Labute approximate surface area is 136 Å². The highest BCUT2D eigenvalue weighted by molar-refractivity contribution is 7.15. The number of hydrogen-bond acceptors (Lipinski definition) is 6. The number of carbonyl (C=O) groups excluding carboxylic acids is 2. The Kier molecular flexibility index (Phi) is 5.15. The maximum Gasteiger partial charge on any atom is 0.326 e. The van der Waals surface area contributed by atoms with E-state index in [1.807, 2.05) is 12.1 Å². The van der Waals surface area contributed by atoms with Gasteiger partial charge in [-0.2, -0.15) is 0 Å². The quantitative estimate of drug-likeness (QED) is 0.632. The molecule has 0 N–H and O–H groups in total. The number of halogens is 1. The van der Waals surface area contributed by atoms with Gasteiger partial charge in [0.15, 0.2) is 5.92 Å². The van der Waals surface area contributed by atoms with Gasteiger partial charge in [0.05, 0.1) is 19.9 Å². The summed E-state index contributed by atoms with van der Waals surface area (Å²) in [5.74, 6) is -2.56. The van der Waals surface area contributed by atoms with Crippen LogP contribution in [0.15, 0.2) is 24.3 Å². The first-order chi connectivity index (χ1) is 10.5. The molecule has 0 amide bonds. The first kappa shape index (κ1) is 16.5. The van der Waals surface area contributed by atoms with Crippen molar-refractivity contribution in [1.82, 2.24) is 4.98 Å². The summed E-state index contributed by atoms with van der Waals surface area (Å²) in [6.45, 7) is 1.80. The molecule has 2 aromatic rings. The molecule has 1 aromatic carbocycles. The highest BCUT2D eigenvalue weighted by Crippen LogP contribution is 2.32. The van der Waals surface area contributed by atoms with Crippen molar-refractivity contribution in [3.8, 4) is 10.6 Å². The molecule has 0 aliphatic carbocycles. The Balaban J connectivity index is 2.45. The summed E-state index contributed by atoms with van der Waals surface area (Å²) in [6.07, 6.45) is 0. The maximum absolute atomic E-state index is 11.9. The second-order valence-corrected chi connectivity index (χ2v) is 6.09. The fraction of sp³-hybridized carbons (Fsp3) is 0.267. The van der Waals surface area contributed by atoms with E-state index < -0.39 is 17.9 Å². The van der Waals surface area contributed by atoms with Crippen LogP contribution in [0.25, 0.3) is 10.6 Å². The molecule has 0 atom stereocenters. The van der Waals surface area contributed by atoms with Crippen molar-refractivity contribution in [3.05, 3.63) is 39.9 Å². The van der Waals surface area contributed by atoms with Gasteiger partial charge in [0.2, 0.25) is 0 Å². The molecule has 0 saturated heterocycles. The van der Waals surface area contributed by atoms with E-state index in [1.54, 1.807) is 19.1 Å². The Hall–Kier alpha value is -1.92. The number of thiazole rings is 1. The van der Waals surface area contributed by atoms with E-state index >= 15 is 0 Å². The second-order valence-electron chi connectivity index (χ2n) is 4.45. The summed E-state index contributed by atoms with van der Waals surface area (Å²) in [5, 5.41) is 1.32. The minimum Gasteiger partial charge on any atom is -0.468 e. The lowest BCUT2D eigenvalue weighted by Gasteiger charge is -2.10. The molecular formula is C15H14ClNO4S. The summed E-state index contributed by atoms with van der Waals surface area (Å²) in [7, 11) is 2.44. The van der Waals surface area contributed by atoms with E-state index in [0.717, 1.165) is 10.4 Å². The standard InChI is InChI=1S/C15H14ClNO4S/c1-8-12(11(14(18)20-2)15(19)21-3)17-13(22-8)9-4-6-10(16)7-5-9/h4-7,11H,1-3H3. The van der Waals surface area contributed by atoms with E-state index in [2.05, 4.69) is 14.5 Å². The molecule has 1 heterocycles. The van der Waals surface area contributed by atoms with Crippen molar-refractivity contribution in [2.75, 3.05) is 14.2 Å². The fourth-order valence-electron chi connectivity index (χ4n) is 1.95. The van der Waals surface area contributed by atoms with Crippen LogP contribution < -0.4 is 0 Å². The summed E-state index contributed by atoms with van der Waals surface area (Å²) < 4.78 is 9.37. The van der Waals surface area contributed by atoms with Crippen molar-refractivity contribution < 1.29 is 19.1 Å². The third kappa shape index (κ3) is 3.28. The van der Waals surface area contributed by atoms with E-state index in [0.29, 0.717) is 15.7 Å². The molecule has 0 fully saturated rings. The zero-order valence-electron chi connectivity index (χ0n) is 12.3. The lowest BCUT2D eigenvalue weighted by molar-refractivity contribution is -0.154. The summed E-state index contributed by atoms with van der Waals surface area (Å²) in [4.78, 5) is 28.9. The molecule has 5 nitrogen and oxygen atoms in total. The van der Waals surface area contributed by atoms with Crippen LogP contribution in [0.5, 0.6) is 0 Å².